The molecule has 0 aliphatic carbocycles. The van der Waals surface area contributed by atoms with Crippen molar-refractivity contribution < 1.29 is 9.84 Å². The lowest BCUT2D eigenvalue weighted by molar-refractivity contribution is 0.307. The molecule has 3 nitrogen and oxygen atoms in total. The predicted octanol–water partition coefficient (Wildman–Crippen LogP) is 3.33. The van der Waals surface area contributed by atoms with Crippen LogP contribution in [0.4, 0.5) is 5.69 Å². The number of phenols is 1. The van der Waals surface area contributed by atoms with E-state index in [0.29, 0.717) is 6.61 Å². The zero-order valence-corrected chi connectivity index (χ0v) is 10.7. The van der Waals surface area contributed by atoms with E-state index >= 15 is 0 Å². The number of fused-ring (bicyclic) bond motifs is 1. The van der Waals surface area contributed by atoms with Gasteiger partial charge in [0.15, 0.2) is 0 Å². The van der Waals surface area contributed by atoms with E-state index in [1.807, 2.05) is 24.3 Å². The molecule has 2 N–H and O–H groups in total. The number of benzene rings is 2. The van der Waals surface area contributed by atoms with Gasteiger partial charge in [0.2, 0.25) is 0 Å². The van der Waals surface area contributed by atoms with Crippen LogP contribution in [-0.4, -0.2) is 11.7 Å². The third-order valence-corrected chi connectivity index (χ3v) is 3.37. The lowest BCUT2D eigenvalue weighted by Gasteiger charge is -2.21. The number of hydrogen-bond donors (Lipinski definition) is 2. The number of rotatable bonds is 3. The van der Waals surface area contributed by atoms with Gasteiger partial charge in [-0.25, -0.2) is 0 Å². The first-order chi connectivity index (χ1) is 9.33. The summed E-state index contributed by atoms with van der Waals surface area (Å²) in [4.78, 5) is 0. The fourth-order valence-electron chi connectivity index (χ4n) is 2.35. The van der Waals surface area contributed by atoms with E-state index in [1.54, 1.807) is 12.1 Å². The van der Waals surface area contributed by atoms with Crippen LogP contribution in [0.25, 0.3) is 0 Å². The lowest BCUT2D eigenvalue weighted by Crippen LogP contribution is -2.13. The van der Waals surface area contributed by atoms with Crippen LogP contribution in [0.5, 0.6) is 11.5 Å². The molecule has 0 saturated carbocycles. The zero-order chi connectivity index (χ0) is 13.1. The fraction of sp³-hybridized carbons (Fsp3) is 0.250. The van der Waals surface area contributed by atoms with Gasteiger partial charge >= 0.3 is 0 Å². The van der Waals surface area contributed by atoms with Gasteiger partial charge in [0.05, 0.1) is 5.69 Å². The Hall–Kier alpha value is -2.16. The Balaban J connectivity index is 1.75. The molecule has 2 aromatic rings. The van der Waals surface area contributed by atoms with Crippen molar-refractivity contribution in [1.82, 2.24) is 0 Å². The summed E-state index contributed by atoms with van der Waals surface area (Å²) < 4.78 is 5.89. The molecule has 0 radical (unpaired) electrons. The molecule has 0 atom stereocenters. The van der Waals surface area contributed by atoms with E-state index in [2.05, 4.69) is 11.4 Å². The summed E-state index contributed by atoms with van der Waals surface area (Å²) in [7, 11) is 0. The maximum Gasteiger partial charge on any atom is 0.143 e. The van der Waals surface area contributed by atoms with E-state index in [1.165, 1.54) is 12.0 Å². The molecule has 0 unspecified atom stereocenters. The van der Waals surface area contributed by atoms with Crippen molar-refractivity contribution in [3.05, 3.63) is 53.6 Å². The van der Waals surface area contributed by atoms with Crippen LogP contribution in [0, 0.1) is 0 Å². The van der Waals surface area contributed by atoms with Crippen LogP contribution >= 0.6 is 0 Å². The molecule has 3 heteroatoms. The molecule has 2 aromatic carbocycles. The number of hydrogen-bond acceptors (Lipinski definition) is 3. The van der Waals surface area contributed by atoms with Crippen LogP contribution in [0.15, 0.2) is 42.5 Å². The maximum absolute atomic E-state index is 9.25. The van der Waals surface area contributed by atoms with Crippen LogP contribution in [0.2, 0.25) is 0 Å². The Morgan fingerprint density at radius 1 is 1.11 bits per heavy atom. The predicted molar refractivity (Wildman–Crippen MR) is 75.7 cm³/mol. The second kappa shape index (κ2) is 5.22. The second-order valence-electron chi connectivity index (χ2n) is 4.78. The highest BCUT2D eigenvalue weighted by Gasteiger charge is 2.13. The van der Waals surface area contributed by atoms with Crippen molar-refractivity contribution in [2.24, 2.45) is 0 Å². The zero-order valence-electron chi connectivity index (χ0n) is 10.7. The van der Waals surface area contributed by atoms with Crippen LogP contribution < -0.4 is 10.1 Å². The molecule has 0 bridgehead atoms. The molecular formula is C16H17NO2. The van der Waals surface area contributed by atoms with Crippen LogP contribution in [0.3, 0.4) is 0 Å². The Kier molecular flexibility index (Phi) is 3.27. The summed E-state index contributed by atoms with van der Waals surface area (Å²) in [6.07, 6.45) is 2.28. The monoisotopic (exact) mass is 255 g/mol. The Morgan fingerprint density at radius 2 is 1.95 bits per heavy atom. The van der Waals surface area contributed by atoms with Crippen LogP contribution in [-0.2, 0) is 13.0 Å². The average Bonchev–Trinajstić information content (AvgIpc) is 2.47. The van der Waals surface area contributed by atoms with Gasteiger partial charge in [0.25, 0.3) is 0 Å². The van der Waals surface area contributed by atoms with Crippen LogP contribution in [0.1, 0.15) is 17.5 Å². The molecule has 19 heavy (non-hydrogen) atoms. The third kappa shape index (κ3) is 2.65. The van der Waals surface area contributed by atoms with E-state index < -0.39 is 0 Å². The van der Waals surface area contributed by atoms with E-state index in [0.717, 1.165) is 30.0 Å². The number of aryl methyl sites for hydroxylation is 1. The number of ether oxygens (including phenoxy) is 1. The standard InChI is InChI=1S/C16H17NO2/c18-14-8-6-12(7-9-14)11-19-15-5-1-3-13-4-2-10-17-16(13)15/h1,3,5-9,17-18H,2,4,10-11H2. The van der Waals surface area contributed by atoms with Crippen molar-refractivity contribution in [2.75, 3.05) is 11.9 Å². The van der Waals surface area contributed by atoms with Gasteiger partial charge in [-0.15, -0.1) is 0 Å². The van der Waals surface area contributed by atoms with Crippen molar-refractivity contribution in [1.29, 1.82) is 0 Å². The molecule has 1 aliphatic heterocycles. The van der Waals surface area contributed by atoms with Gasteiger partial charge in [-0.2, -0.15) is 0 Å². The summed E-state index contributed by atoms with van der Waals surface area (Å²) in [5, 5.41) is 12.7. The van der Waals surface area contributed by atoms with E-state index in [-0.39, 0.29) is 5.75 Å². The Morgan fingerprint density at radius 3 is 2.79 bits per heavy atom. The quantitative estimate of drug-likeness (QED) is 0.884. The number of aromatic hydroxyl groups is 1. The SMILES string of the molecule is Oc1ccc(COc2cccc3c2NCCC3)cc1. The first-order valence-corrected chi connectivity index (χ1v) is 6.59. The highest BCUT2D eigenvalue weighted by atomic mass is 16.5. The highest BCUT2D eigenvalue weighted by molar-refractivity contribution is 5.63. The van der Waals surface area contributed by atoms with Gasteiger partial charge in [-0.05, 0) is 42.2 Å². The number of para-hydroxylation sites is 1. The Labute approximate surface area is 112 Å². The molecule has 98 valence electrons. The normalized spacial score (nSPS) is 13.5. The summed E-state index contributed by atoms with van der Waals surface area (Å²) in [5.74, 6) is 1.19. The maximum atomic E-state index is 9.25. The molecule has 1 heterocycles. The summed E-state index contributed by atoms with van der Waals surface area (Å²) in [6, 6.07) is 13.3. The van der Waals surface area contributed by atoms with Crippen molar-refractivity contribution in [2.45, 2.75) is 19.4 Å². The number of phenolic OH excluding ortho intramolecular Hbond substituents is 1. The summed E-state index contributed by atoms with van der Waals surface area (Å²) in [5.41, 5.74) is 3.51. The lowest BCUT2D eigenvalue weighted by atomic mass is 10.0. The first-order valence-electron chi connectivity index (χ1n) is 6.59. The summed E-state index contributed by atoms with van der Waals surface area (Å²) in [6.45, 7) is 1.52. The molecular weight excluding hydrogens is 238 g/mol. The van der Waals surface area contributed by atoms with Gasteiger partial charge < -0.3 is 15.2 Å². The minimum absolute atomic E-state index is 0.280. The minimum atomic E-state index is 0.280. The Bertz CT molecular complexity index is 563. The van der Waals surface area contributed by atoms with Crippen molar-refractivity contribution in [3.8, 4) is 11.5 Å². The van der Waals surface area contributed by atoms with E-state index in [9.17, 15) is 5.11 Å². The summed E-state index contributed by atoms with van der Waals surface area (Å²) >= 11 is 0. The molecule has 0 fully saturated rings. The minimum Gasteiger partial charge on any atom is -0.508 e. The molecule has 0 aromatic heterocycles. The third-order valence-electron chi connectivity index (χ3n) is 3.37. The van der Waals surface area contributed by atoms with Gasteiger partial charge in [-0.3, -0.25) is 0 Å². The van der Waals surface area contributed by atoms with Gasteiger partial charge in [0, 0.05) is 6.54 Å². The molecule has 0 amide bonds. The van der Waals surface area contributed by atoms with E-state index in [4.69, 9.17) is 4.74 Å². The topological polar surface area (TPSA) is 41.5 Å². The van der Waals surface area contributed by atoms with Gasteiger partial charge in [-0.1, -0.05) is 24.3 Å². The highest BCUT2D eigenvalue weighted by Crippen LogP contribution is 2.32. The fourth-order valence-corrected chi connectivity index (χ4v) is 2.35. The second-order valence-corrected chi connectivity index (χ2v) is 4.78. The molecule has 1 aliphatic rings. The van der Waals surface area contributed by atoms with Crippen molar-refractivity contribution in [3.63, 3.8) is 0 Å². The largest absolute Gasteiger partial charge is 0.508 e. The molecule has 0 spiro atoms. The molecule has 3 rings (SSSR count). The van der Waals surface area contributed by atoms with Gasteiger partial charge in [0.1, 0.15) is 18.1 Å². The number of anilines is 1. The average molecular weight is 255 g/mol. The molecule has 0 saturated heterocycles. The van der Waals surface area contributed by atoms with Crippen molar-refractivity contribution >= 4 is 5.69 Å². The first kappa shape index (κ1) is 11.9. The smallest absolute Gasteiger partial charge is 0.143 e. The number of nitrogens with one attached hydrogen (secondary N) is 1.